The van der Waals surface area contributed by atoms with Gasteiger partial charge < -0.3 is 25.4 Å². The molecule has 0 spiro atoms. The quantitative estimate of drug-likeness (QED) is 0.0920. The molecule has 10 heteroatoms. The lowest BCUT2D eigenvalue weighted by Gasteiger charge is -2.34. The molecule has 10 nitrogen and oxygen atoms in total. The number of nitrogens with one attached hydrogen (secondary N) is 2. The molecule has 0 saturated carbocycles. The van der Waals surface area contributed by atoms with Gasteiger partial charge in [0.15, 0.2) is 5.78 Å². The summed E-state index contributed by atoms with van der Waals surface area (Å²) < 4.78 is 6.15. The second-order valence-electron chi connectivity index (χ2n) is 15.7. The van der Waals surface area contributed by atoms with Gasteiger partial charge in [-0.05, 0) is 82.2 Å². The summed E-state index contributed by atoms with van der Waals surface area (Å²) >= 11 is 0. The number of carboxylic acid groups (broad SMARTS) is 1. The Morgan fingerprint density at radius 1 is 0.741 bits per heavy atom. The minimum atomic E-state index is -1.12. The fourth-order valence-electron chi connectivity index (χ4n) is 6.51. The standard InChI is InChI=1S/C44H67N3O7/c1-10-13-16-19-36(43(52)53)45-40(49)30(4)29-38(48)39(31(5)54-44(6,7)8)46-41(50)37(20-17-14-11-2)47(9)42(51)35-27-25-34(26-28-35)33-23-21-32(22-24-33)18-15-12-3/h21-28,30-31,36-37,39H,10-20,29H2,1-9H3,(H,45,49)(H,46,50)(H,52,53)/t30-,31-,36+,37+,39+/m1/s1. The second-order valence-corrected chi connectivity index (χ2v) is 15.7. The predicted octanol–water partition coefficient (Wildman–Crippen LogP) is 8.15. The number of ether oxygens (including phenoxy) is 1. The van der Waals surface area contributed by atoms with Crippen LogP contribution in [0.5, 0.6) is 0 Å². The summed E-state index contributed by atoms with van der Waals surface area (Å²) in [5, 5.41) is 15.1. The minimum absolute atomic E-state index is 0.237. The third kappa shape index (κ3) is 15.4. The van der Waals surface area contributed by atoms with Crippen molar-refractivity contribution in [2.24, 2.45) is 5.92 Å². The van der Waals surface area contributed by atoms with E-state index in [1.807, 2.05) is 39.8 Å². The van der Waals surface area contributed by atoms with Crippen molar-refractivity contribution < 1.29 is 33.8 Å². The van der Waals surface area contributed by atoms with Gasteiger partial charge in [0.25, 0.3) is 5.91 Å². The molecule has 300 valence electrons. The number of unbranched alkanes of at least 4 members (excludes halogenated alkanes) is 5. The highest BCUT2D eigenvalue weighted by Gasteiger charge is 2.36. The third-order valence-electron chi connectivity index (χ3n) is 9.73. The van der Waals surface area contributed by atoms with Gasteiger partial charge in [-0.15, -0.1) is 0 Å². The number of aryl methyl sites for hydroxylation is 1. The molecule has 0 heterocycles. The van der Waals surface area contributed by atoms with Gasteiger partial charge in [0.1, 0.15) is 18.1 Å². The Hall–Kier alpha value is -4.05. The first-order valence-electron chi connectivity index (χ1n) is 20.0. The van der Waals surface area contributed by atoms with Crippen molar-refractivity contribution in [2.75, 3.05) is 7.05 Å². The monoisotopic (exact) mass is 749 g/mol. The summed E-state index contributed by atoms with van der Waals surface area (Å²) in [5.41, 5.74) is 3.14. The maximum atomic E-state index is 14.1. The number of nitrogens with zero attached hydrogens (tertiary/aromatic N) is 1. The number of aliphatic carboxylic acids is 1. The maximum Gasteiger partial charge on any atom is 0.326 e. The maximum absolute atomic E-state index is 14.1. The highest BCUT2D eigenvalue weighted by atomic mass is 16.5. The Bertz CT molecular complexity index is 1480. The molecule has 0 aliphatic rings. The van der Waals surface area contributed by atoms with E-state index >= 15 is 0 Å². The van der Waals surface area contributed by atoms with E-state index in [4.69, 9.17) is 4.74 Å². The molecule has 54 heavy (non-hydrogen) atoms. The van der Waals surface area contributed by atoms with Gasteiger partial charge in [-0.25, -0.2) is 4.79 Å². The number of carbonyl (C=O) groups is 5. The molecule has 0 aromatic heterocycles. The van der Waals surface area contributed by atoms with Crippen LogP contribution in [-0.4, -0.2) is 76.4 Å². The topological polar surface area (TPSA) is 142 Å². The Balaban J connectivity index is 2.28. The smallest absolute Gasteiger partial charge is 0.326 e. The van der Waals surface area contributed by atoms with Crippen LogP contribution in [-0.2, 0) is 30.3 Å². The van der Waals surface area contributed by atoms with Crippen molar-refractivity contribution >= 4 is 29.5 Å². The number of ketones is 1. The van der Waals surface area contributed by atoms with Crippen LogP contribution in [0.25, 0.3) is 11.1 Å². The summed E-state index contributed by atoms with van der Waals surface area (Å²) in [6, 6.07) is 12.8. The van der Waals surface area contributed by atoms with Gasteiger partial charge in [-0.2, -0.15) is 0 Å². The van der Waals surface area contributed by atoms with Crippen LogP contribution in [0, 0.1) is 5.92 Å². The molecule has 0 aliphatic carbocycles. The molecule has 5 atom stereocenters. The first kappa shape index (κ1) is 46.1. The first-order valence-corrected chi connectivity index (χ1v) is 20.0. The summed E-state index contributed by atoms with van der Waals surface area (Å²) in [5.74, 6) is -3.73. The van der Waals surface area contributed by atoms with Crippen LogP contribution < -0.4 is 10.6 Å². The fraction of sp³-hybridized carbons (Fsp3) is 0.614. The van der Waals surface area contributed by atoms with Crippen LogP contribution in [0.4, 0.5) is 0 Å². The highest BCUT2D eigenvalue weighted by Crippen LogP contribution is 2.23. The molecule has 0 bridgehead atoms. The average molecular weight is 750 g/mol. The summed E-state index contributed by atoms with van der Waals surface area (Å²) in [6.07, 6.45) is 7.95. The van der Waals surface area contributed by atoms with Gasteiger partial charge in [-0.3, -0.25) is 19.2 Å². The number of carbonyl (C=O) groups excluding carboxylic acids is 4. The largest absolute Gasteiger partial charge is 0.480 e. The molecular weight excluding hydrogens is 682 g/mol. The van der Waals surface area contributed by atoms with E-state index in [1.54, 1.807) is 33.0 Å². The molecule has 2 rings (SSSR count). The van der Waals surface area contributed by atoms with Gasteiger partial charge in [0, 0.05) is 24.9 Å². The molecule has 2 aromatic rings. The van der Waals surface area contributed by atoms with Crippen molar-refractivity contribution in [2.45, 2.75) is 162 Å². The van der Waals surface area contributed by atoms with E-state index in [-0.39, 0.29) is 12.3 Å². The van der Waals surface area contributed by atoms with Gasteiger partial charge in [-0.1, -0.05) is 109 Å². The van der Waals surface area contributed by atoms with E-state index in [2.05, 4.69) is 48.7 Å². The number of hydrogen-bond acceptors (Lipinski definition) is 6. The molecule has 0 aliphatic heterocycles. The number of hydrogen-bond donors (Lipinski definition) is 3. The van der Waals surface area contributed by atoms with Crippen LogP contribution in [0.1, 0.15) is 142 Å². The Labute approximate surface area is 324 Å². The van der Waals surface area contributed by atoms with Crippen LogP contribution >= 0.6 is 0 Å². The van der Waals surface area contributed by atoms with E-state index in [9.17, 15) is 29.1 Å². The number of rotatable bonds is 24. The van der Waals surface area contributed by atoms with Gasteiger partial charge in [0.2, 0.25) is 11.8 Å². The third-order valence-corrected chi connectivity index (χ3v) is 9.73. The van der Waals surface area contributed by atoms with Gasteiger partial charge >= 0.3 is 5.97 Å². The number of Topliss-reactive ketones (excluding diaryl/α,β-unsaturated/α-hetero) is 1. The van der Waals surface area contributed by atoms with Crippen molar-refractivity contribution in [3.63, 3.8) is 0 Å². The summed E-state index contributed by atoms with van der Waals surface area (Å²) in [4.78, 5) is 68.2. The number of likely N-dealkylation sites (N-methyl/N-ethyl adjacent to an activating group) is 1. The summed E-state index contributed by atoms with van der Waals surface area (Å²) in [7, 11) is 1.61. The number of amides is 3. The highest BCUT2D eigenvalue weighted by molar-refractivity contribution is 5.99. The minimum Gasteiger partial charge on any atom is -0.480 e. The lowest BCUT2D eigenvalue weighted by Crippen LogP contribution is -2.56. The SMILES string of the molecule is CCCCC[C@H](NC(=O)[C@H](C)CC(=O)[C@@H](NC(=O)[C@H](CCCCC)N(C)C(=O)c1ccc(-c2ccc(CCCC)cc2)cc1)[C@@H](C)OC(C)(C)C)C(=O)O. The van der Waals surface area contributed by atoms with E-state index in [0.717, 1.165) is 56.1 Å². The van der Waals surface area contributed by atoms with Crippen molar-refractivity contribution in [3.05, 3.63) is 59.7 Å². The van der Waals surface area contributed by atoms with E-state index < -0.39 is 59.3 Å². The van der Waals surface area contributed by atoms with Gasteiger partial charge in [0.05, 0.1) is 11.7 Å². The normalized spacial score (nSPS) is 14.3. The summed E-state index contributed by atoms with van der Waals surface area (Å²) in [6.45, 7) is 15.1. The van der Waals surface area contributed by atoms with E-state index in [0.29, 0.717) is 31.2 Å². The lowest BCUT2D eigenvalue weighted by atomic mass is 9.95. The first-order chi connectivity index (χ1) is 25.5. The van der Waals surface area contributed by atoms with Crippen LogP contribution in [0.3, 0.4) is 0 Å². The Morgan fingerprint density at radius 3 is 1.80 bits per heavy atom. The number of carboxylic acids is 1. The zero-order chi connectivity index (χ0) is 40.4. The second kappa shape index (κ2) is 23.0. The van der Waals surface area contributed by atoms with Crippen LogP contribution in [0.15, 0.2) is 48.5 Å². The average Bonchev–Trinajstić information content (AvgIpc) is 3.13. The molecule has 2 aromatic carbocycles. The molecular formula is C44H67N3O7. The van der Waals surface area contributed by atoms with E-state index in [1.165, 1.54) is 10.5 Å². The predicted molar refractivity (Wildman–Crippen MR) is 215 cm³/mol. The zero-order valence-corrected chi connectivity index (χ0v) is 34.3. The lowest BCUT2D eigenvalue weighted by molar-refractivity contribution is -0.143. The Morgan fingerprint density at radius 2 is 1.28 bits per heavy atom. The zero-order valence-electron chi connectivity index (χ0n) is 34.3. The van der Waals surface area contributed by atoms with Crippen molar-refractivity contribution in [3.8, 4) is 11.1 Å². The van der Waals surface area contributed by atoms with Crippen LogP contribution in [0.2, 0.25) is 0 Å². The molecule has 3 N–H and O–H groups in total. The van der Waals surface area contributed by atoms with Crippen molar-refractivity contribution in [1.82, 2.24) is 15.5 Å². The fourth-order valence-corrected chi connectivity index (χ4v) is 6.51. The van der Waals surface area contributed by atoms with Crippen molar-refractivity contribution in [1.29, 1.82) is 0 Å². The molecule has 3 amide bonds. The Kier molecular flexibility index (Phi) is 19.6. The number of benzene rings is 2. The molecule has 0 saturated heterocycles. The molecule has 0 fully saturated rings. The molecule has 0 unspecified atom stereocenters. The molecule has 0 radical (unpaired) electrons.